The van der Waals surface area contributed by atoms with Crippen LogP contribution in [-0.4, -0.2) is 19.2 Å². The number of thiazole rings is 1. The van der Waals surface area contributed by atoms with Crippen LogP contribution < -0.4 is 24.8 Å². The zero-order valence-electron chi connectivity index (χ0n) is 24.6. The summed E-state index contributed by atoms with van der Waals surface area (Å²) >= 11 is 1.60. The van der Waals surface area contributed by atoms with Gasteiger partial charge in [-0.05, 0) is 79.2 Å². The van der Waals surface area contributed by atoms with E-state index < -0.39 is 5.60 Å². The molecule has 0 aliphatic carbocycles. The van der Waals surface area contributed by atoms with Gasteiger partial charge in [-0.15, -0.1) is 0 Å². The number of benzene rings is 5. The molecule has 1 aliphatic heterocycles. The van der Waals surface area contributed by atoms with E-state index in [9.17, 15) is 0 Å². The van der Waals surface area contributed by atoms with Crippen LogP contribution in [0.2, 0.25) is 0 Å². The molecule has 1 aliphatic rings. The van der Waals surface area contributed by atoms with Gasteiger partial charge in [0.15, 0.2) is 10.7 Å². The second kappa shape index (κ2) is 11.4. The summed E-state index contributed by atoms with van der Waals surface area (Å²) in [5.74, 6) is 2.39. The molecule has 1 atom stereocenters. The molecule has 1 unspecified atom stereocenters. The van der Waals surface area contributed by atoms with Gasteiger partial charge < -0.3 is 24.8 Å². The molecule has 0 spiro atoms. The van der Waals surface area contributed by atoms with E-state index in [1.54, 1.807) is 25.6 Å². The number of nitrogens with one attached hydrogen (secondary N) is 2. The van der Waals surface area contributed by atoms with Crippen LogP contribution in [0.25, 0.3) is 11.3 Å². The molecule has 7 rings (SSSR count). The Morgan fingerprint density at radius 2 is 1.34 bits per heavy atom. The van der Waals surface area contributed by atoms with Crippen LogP contribution in [-0.2, 0) is 5.60 Å². The van der Waals surface area contributed by atoms with Crippen molar-refractivity contribution in [1.29, 1.82) is 0 Å². The van der Waals surface area contributed by atoms with Crippen LogP contribution in [0.1, 0.15) is 21.6 Å². The number of aromatic nitrogens is 1. The number of nitrogens with zero attached hydrogens (tertiary/aromatic N) is 1. The van der Waals surface area contributed by atoms with Crippen molar-refractivity contribution in [3.63, 3.8) is 0 Å². The van der Waals surface area contributed by atoms with Crippen molar-refractivity contribution < 1.29 is 14.2 Å². The zero-order valence-corrected chi connectivity index (χ0v) is 25.4. The molecule has 6 nitrogen and oxygen atoms in total. The number of aryl methyl sites for hydroxylation is 1. The van der Waals surface area contributed by atoms with E-state index in [0.717, 1.165) is 72.3 Å². The van der Waals surface area contributed by atoms with Crippen molar-refractivity contribution >= 4 is 33.5 Å². The number of fused-ring (bicyclic) bond motifs is 3. The Labute approximate surface area is 260 Å². The highest BCUT2D eigenvalue weighted by atomic mass is 32.1. The van der Waals surface area contributed by atoms with Gasteiger partial charge in [-0.25, -0.2) is 4.98 Å². The first kappa shape index (κ1) is 27.6. The molecule has 0 radical (unpaired) electrons. The average Bonchev–Trinajstić information content (AvgIpc) is 3.50. The molecule has 0 amide bonds. The minimum atomic E-state index is -0.975. The molecule has 2 N–H and O–H groups in total. The molecular formula is C37H31N3O3S. The molecule has 0 bridgehead atoms. The fraction of sp³-hybridized carbons (Fsp3) is 0.108. The maximum atomic E-state index is 7.16. The summed E-state index contributed by atoms with van der Waals surface area (Å²) in [6, 6.07) is 40.8. The molecule has 1 aromatic heterocycles. The first-order valence-corrected chi connectivity index (χ1v) is 15.2. The largest absolute Gasteiger partial charge is 0.497 e. The molecule has 0 saturated carbocycles. The second-order valence-electron chi connectivity index (χ2n) is 10.6. The van der Waals surface area contributed by atoms with Gasteiger partial charge in [0.1, 0.15) is 17.2 Å². The minimum Gasteiger partial charge on any atom is -0.497 e. The first-order valence-electron chi connectivity index (χ1n) is 14.4. The summed E-state index contributed by atoms with van der Waals surface area (Å²) in [4.78, 5) is 6.15. The van der Waals surface area contributed by atoms with Gasteiger partial charge in [0.2, 0.25) is 0 Å². The van der Waals surface area contributed by atoms with Gasteiger partial charge in [0, 0.05) is 33.8 Å². The quantitative estimate of drug-likeness (QED) is 0.182. The minimum absolute atomic E-state index is 0.775. The third-order valence-corrected chi connectivity index (χ3v) is 8.93. The second-order valence-corrected chi connectivity index (χ2v) is 11.6. The van der Waals surface area contributed by atoms with Crippen molar-refractivity contribution in [2.45, 2.75) is 12.5 Å². The Bertz CT molecular complexity index is 1920. The number of anilines is 4. The summed E-state index contributed by atoms with van der Waals surface area (Å²) in [5.41, 5.74) is 6.79. The van der Waals surface area contributed by atoms with Crippen molar-refractivity contribution in [1.82, 2.24) is 4.98 Å². The summed E-state index contributed by atoms with van der Waals surface area (Å²) in [7, 11) is 3.37. The Morgan fingerprint density at radius 3 is 2.07 bits per heavy atom. The Morgan fingerprint density at radius 1 is 0.682 bits per heavy atom. The lowest BCUT2D eigenvalue weighted by Crippen LogP contribution is -2.38. The summed E-state index contributed by atoms with van der Waals surface area (Å²) in [6.45, 7) is 2.05. The van der Waals surface area contributed by atoms with Crippen LogP contribution in [0.15, 0.2) is 121 Å². The number of methoxy groups -OCH3 is 2. The van der Waals surface area contributed by atoms with Crippen LogP contribution >= 0.6 is 11.3 Å². The van der Waals surface area contributed by atoms with Crippen molar-refractivity contribution in [3.8, 4) is 28.5 Å². The molecule has 5 aromatic carbocycles. The summed E-state index contributed by atoms with van der Waals surface area (Å²) in [5, 5.41) is 7.80. The monoisotopic (exact) mass is 597 g/mol. The molecule has 44 heavy (non-hydrogen) atoms. The maximum Gasteiger partial charge on any atom is 0.196 e. The normalized spacial score (nSPS) is 15.0. The van der Waals surface area contributed by atoms with Crippen molar-refractivity contribution in [2.24, 2.45) is 0 Å². The van der Waals surface area contributed by atoms with Gasteiger partial charge in [-0.3, -0.25) is 0 Å². The zero-order chi connectivity index (χ0) is 30.1. The lowest BCUT2D eigenvalue weighted by molar-refractivity contribution is 0.155. The van der Waals surface area contributed by atoms with Crippen LogP contribution in [0, 0.1) is 6.92 Å². The first-order chi connectivity index (χ1) is 21.6. The highest BCUT2D eigenvalue weighted by Crippen LogP contribution is 2.54. The third-order valence-electron chi connectivity index (χ3n) is 7.86. The van der Waals surface area contributed by atoms with Crippen molar-refractivity contribution in [3.05, 3.63) is 143 Å². The lowest BCUT2D eigenvalue weighted by Gasteiger charge is -2.39. The van der Waals surface area contributed by atoms with Gasteiger partial charge in [-0.1, -0.05) is 65.9 Å². The molecule has 0 fully saturated rings. The van der Waals surface area contributed by atoms with E-state index in [1.165, 1.54) is 0 Å². The number of para-hydroxylation sites is 2. The van der Waals surface area contributed by atoms with Crippen LogP contribution in [0.4, 0.5) is 22.2 Å². The third kappa shape index (κ3) is 4.91. The molecule has 2 heterocycles. The Hall–Kier alpha value is -5.27. The molecule has 7 heteroatoms. The van der Waals surface area contributed by atoms with E-state index in [0.29, 0.717) is 0 Å². The standard InChI is InChI=1S/C37H31N3O3S/c1-24-13-14-26(23-33(24)42-3)37(25-15-17-28(18-16-25)38-29-19-21-30(41-2)22-20-29)35-34(31-11-7-8-12-32(31)43-37)40-36(44-35)39-27-9-5-4-6-10-27/h4-23,38H,1-3H3,(H,39,40). The van der Waals surface area contributed by atoms with E-state index in [4.69, 9.17) is 19.2 Å². The average molecular weight is 598 g/mol. The topological polar surface area (TPSA) is 64.6 Å². The molecule has 0 saturated heterocycles. The summed E-state index contributed by atoms with van der Waals surface area (Å²) in [6.07, 6.45) is 0. The smallest absolute Gasteiger partial charge is 0.196 e. The number of hydrogen-bond donors (Lipinski definition) is 2. The molecular weight excluding hydrogens is 566 g/mol. The maximum absolute atomic E-state index is 7.16. The van der Waals surface area contributed by atoms with Gasteiger partial charge in [0.05, 0.1) is 24.8 Å². The van der Waals surface area contributed by atoms with E-state index >= 15 is 0 Å². The van der Waals surface area contributed by atoms with Gasteiger partial charge >= 0.3 is 0 Å². The van der Waals surface area contributed by atoms with E-state index in [2.05, 4.69) is 59.2 Å². The predicted molar refractivity (Wildman–Crippen MR) is 178 cm³/mol. The fourth-order valence-corrected chi connectivity index (χ4v) is 6.79. The Balaban J connectivity index is 1.39. The predicted octanol–water partition coefficient (Wildman–Crippen LogP) is 9.31. The lowest BCUT2D eigenvalue weighted by atomic mass is 9.80. The summed E-state index contributed by atoms with van der Waals surface area (Å²) < 4.78 is 18.3. The van der Waals surface area contributed by atoms with Crippen molar-refractivity contribution in [2.75, 3.05) is 24.9 Å². The highest BCUT2D eigenvalue weighted by Gasteiger charge is 2.47. The number of ether oxygens (including phenoxy) is 3. The molecule has 218 valence electrons. The fourth-order valence-electron chi connectivity index (χ4n) is 5.62. The van der Waals surface area contributed by atoms with Gasteiger partial charge in [-0.2, -0.15) is 0 Å². The number of rotatable bonds is 8. The molecule has 6 aromatic rings. The van der Waals surface area contributed by atoms with Crippen LogP contribution in [0.3, 0.4) is 0 Å². The van der Waals surface area contributed by atoms with Gasteiger partial charge in [0.25, 0.3) is 0 Å². The Kier molecular flexibility index (Phi) is 7.16. The van der Waals surface area contributed by atoms with E-state index in [-0.39, 0.29) is 0 Å². The highest BCUT2D eigenvalue weighted by molar-refractivity contribution is 7.16. The SMILES string of the molecule is COc1ccc(Nc2ccc(C3(c4ccc(C)c(OC)c4)Oc4ccccc4-c4nc(Nc5ccccc5)sc43)cc2)cc1. The number of hydrogen-bond acceptors (Lipinski definition) is 7. The van der Waals surface area contributed by atoms with E-state index in [1.807, 2.05) is 79.7 Å². The van der Waals surface area contributed by atoms with Crippen LogP contribution in [0.5, 0.6) is 17.2 Å².